The van der Waals surface area contributed by atoms with Gasteiger partial charge in [-0.25, -0.2) is 0 Å². The molecule has 3 rings (SSSR count). The van der Waals surface area contributed by atoms with Gasteiger partial charge in [0.2, 0.25) is 0 Å². The van der Waals surface area contributed by atoms with E-state index in [4.69, 9.17) is 9.15 Å². The molecule has 0 saturated carbocycles. The Kier molecular flexibility index (Phi) is 4.55. The fraction of sp³-hybridized carbons (Fsp3) is 0.333. The third-order valence-electron chi connectivity index (χ3n) is 4.26. The minimum atomic E-state index is -0.0465. The molecule has 0 unspecified atom stereocenters. The predicted octanol–water partition coefficient (Wildman–Crippen LogP) is 2.19. The second-order valence-corrected chi connectivity index (χ2v) is 5.71. The van der Waals surface area contributed by atoms with E-state index in [1.54, 1.807) is 54.2 Å². The Balaban J connectivity index is 1.63. The van der Waals surface area contributed by atoms with Crippen molar-refractivity contribution in [2.75, 3.05) is 33.3 Å². The van der Waals surface area contributed by atoms with Gasteiger partial charge in [-0.3, -0.25) is 9.59 Å². The summed E-state index contributed by atoms with van der Waals surface area (Å²) in [5.74, 6) is 1.19. The molecule has 0 spiro atoms. The molecule has 1 saturated heterocycles. The number of hydrogen-bond donors (Lipinski definition) is 0. The molecule has 2 amide bonds. The molecule has 1 fully saturated rings. The lowest BCUT2D eigenvalue weighted by molar-refractivity contribution is 0.0534. The molecule has 0 atom stereocenters. The van der Waals surface area contributed by atoms with Crippen molar-refractivity contribution in [1.29, 1.82) is 0 Å². The second-order valence-electron chi connectivity index (χ2n) is 5.71. The van der Waals surface area contributed by atoms with Crippen LogP contribution >= 0.6 is 0 Å². The van der Waals surface area contributed by atoms with E-state index in [0.717, 1.165) is 0 Å². The van der Waals surface area contributed by atoms with Crippen LogP contribution < -0.4 is 4.74 Å². The second kappa shape index (κ2) is 6.78. The molecule has 2 aromatic rings. The van der Waals surface area contributed by atoms with Crippen molar-refractivity contribution in [3.05, 3.63) is 53.5 Å². The van der Waals surface area contributed by atoms with Crippen molar-refractivity contribution < 1.29 is 18.7 Å². The largest absolute Gasteiger partial charge is 0.497 e. The molecule has 0 aliphatic carbocycles. The number of amides is 2. The summed E-state index contributed by atoms with van der Waals surface area (Å²) in [5.41, 5.74) is 1.18. The minimum Gasteiger partial charge on any atom is -0.497 e. The molecule has 1 aromatic heterocycles. The number of ether oxygens (including phenoxy) is 1. The summed E-state index contributed by atoms with van der Waals surface area (Å²) >= 11 is 0. The van der Waals surface area contributed by atoms with Crippen molar-refractivity contribution in [3.8, 4) is 5.75 Å². The highest BCUT2D eigenvalue weighted by atomic mass is 16.5. The molecule has 6 heteroatoms. The number of benzene rings is 1. The first-order valence-corrected chi connectivity index (χ1v) is 7.87. The monoisotopic (exact) mass is 328 g/mol. The van der Waals surface area contributed by atoms with Crippen LogP contribution in [-0.4, -0.2) is 54.9 Å². The zero-order valence-electron chi connectivity index (χ0n) is 13.8. The maximum Gasteiger partial charge on any atom is 0.257 e. The third-order valence-corrected chi connectivity index (χ3v) is 4.26. The van der Waals surface area contributed by atoms with Gasteiger partial charge in [0.15, 0.2) is 0 Å². The van der Waals surface area contributed by atoms with Crippen molar-refractivity contribution in [3.63, 3.8) is 0 Å². The molecule has 0 radical (unpaired) electrons. The Labute approximate surface area is 140 Å². The molecule has 0 N–H and O–H groups in total. The number of carbonyl (C=O) groups excluding carboxylic acids is 2. The molecule has 0 bridgehead atoms. The van der Waals surface area contributed by atoms with E-state index >= 15 is 0 Å². The van der Waals surface area contributed by atoms with Crippen LogP contribution in [0.2, 0.25) is 0 Å². The summed E-state index contributed by atoms with van der Waals surface area (Å²) in [6.45, 7) is 3.82. The topological polar surface area (TPSA) is 63.0 Å². The Bertz CT molecular complexity index is 745. The molecule has 1 aliphatic rings. The van der Waals surface area contributed by atoms with E-state index in [9.17, 15) is 9.59 Å². The molecule has 2 heterocycles. The van der Waals surface area contributed by atoms with Crippen LogP contribution in [0.4, 0.5) is 0 Å². The predicted molar refractivity (Wildman–Crippen MR) is 88.2 cm³/mol. The van der Waals surface area contributed by atoms with Crippen molar-refractivity contribution in [1.82, 2.24) is 9.80 Å². The Morgan fingerprint density at radius 3 is 2.29 bits per heavy atom. The van der Waals surface area contributed by atoms with Crippen LogP contribution in [0.15, 0.2) is 41.0 Å². The zero-order valence-corrected chi connectivity index (χ0v) is 13.8. The third kappa shape index (κ3) is 3.13. The smallest absolute Gasteiger partial charge is 0.257 e. The molecule has 24 heavy (non-hydrogen) atoms. The highest BCUT2D eigenvalue weighted by molar-refractivity contribution is 5.96. The Morgan fingerprint density at radius 1 is 1.04 bits per heavy atom. The summed E-state index contributed by atoms with van der Waals surface area (Å²) in [4.78, 5) is 28.6. The number of methoxy groups -OCH3 is 1. The first-order valence-electron chi connectivity index (χ1n) is 7.87. The van der Waals surface area contributed by atoms with Gasteiger partial charge in [-0.2, -0.15) is 0 Å². The lowest BCUT2D eigenvalue weighted by Gasteiger charge is -2.34. The highest BCUT2D eigenvalue weighted by Gasteiger charge is 2.26. The quantitative estimate of drug-likeness (QED) is 0.866. The van der Waals surface area contributed by atoms with Gasteiger partial charge in [0.1, 0.15) is 11.5 Å². The molecular weight excluding hydrogens is 308 g/mol. The first kappa shape index (κ1) is 16.1. The molecule has 1 aromatic carbocycles. The van der Waals surface area contributed by atoms with Crippen molar-refractivity contribution in [2.24, 2.45) is 0 Å². The van der Waals surface area contributed by atoms with Gasteiger partial charge in [-0.1, -0.05) is 6.07 Å². The van der Waals surface area contributed by atoms with Gasteiger partial charge in [-0.05, 0) is 31.2 Å². The number of nitrogens with zero attached hydrogens (tertiary/aromatic N) is 2. The zero-order chi connectivity index (χ0) is 17.1. The number of aryl methyl sites for hydroxylation is 1. The number of piperazine rings is 1. The van der Waals surface area contributed by atoms with Gasteiger partial charge in [-0.15, -0.1) is 0 Å². The fourth-order valence-electron chi connectivity index (χ4n) is 2.83. The first-order chi connectivity index (χ1) is 11.6. The van der Waals surface area contributed by atoms with Gasteiger partial charge >= 0.3 is 0 Å². The van der Waals surface area contributed by atoms with Crippen LogP contribution in [0.1, 0.15) is 26.5 Å². The Morgan fingerprint density at radius 2 is 1.71 bits per heavy atom. The fourth-order valence-corrected chi connectivity index (χ4v) is 2.83. The normalized spacial score (nSPS) is 14.6. The summed E-state index contributed by atoms with van der Waals surface area (Å²) in [7, 11) is 1.58. The number of furan rings is 1. The lowest BCUT2D eigenvalue weighted by atomic mass is 10.1. The summed E-state index contributed by atoms with van der Waals surface area (Å²) in [6, 6.07) is 8.80. The maximum atomic E-state index is 12.6. The lowest BCUT2D eigenvalue weighted by Crippen LogP contribution is -2.50. The average molecular weight is 328 g/mol. The molecule has 126 valence electrons. The number of rotatable bonds is 3. The van der Waals surface area contributed by atoms with E-state index in [1.165, 1.54) is 6.26 Å². The molecular formula is C18H20N2O4. The van der Waals surface area contributed by atoms with E-state index in [-0.39, 0.29) is 11.8 Å². The van der Waals surface area contributed by atoms with Crippen LogP contribution in [0.25, 0.3) is 0 Å². The van der Waals surface area contributed by atoms with E-state index in [2.05, 4.69) is 0 Å². The van der Waals surface area contributed by atoms with E-state index in [1.807, 2.05) is 0 Å². The van der Waals surface area contributed by atoms with Gasteiger partial charge in [0, 0.05) is 31.7 Å². The summed E-state index contributed by atoms with van der Waals surface area (Å²) in [5, 5.41) is 0. The number of hydrogen-bond acceptors (Lipinski definition) is 4. The average Bonchev–Trinajstić information content (AvgIpc) is 3.06. The van der Waals surface area contributed by atoms with Crippen molar-refractivity contribution in [2.45, 2.75) is 6.92 Å². The molecule has 1 aliphatic heterocycles. The van der Waals surface area contributed by atoms with E-state index in [0.29, 0.717) is 48.8 Å². The summed E-state index contributed by atoms with van der Waals surface area (Å²) in [6.07, 6.45) is 1.52. The molecule has 6 nitrogen and oxygen atoms in total. The van der Waals surface area contributed by atoms with Gasteiger partial charge in [0.05, 0.1) is 18.9 Å². The van der Waals surface area contributed by atoms with Crippen LogP contribution in [0.3, 0.4) is 0 Å². The van der Waals surface area contributed by atoms with Gasteiger partial charge in [0.25, 0.3) is 11.8 Å². The van der Waals surface area contributed by atoms with Crippen molar-refractivity contribution >= 4 is 11.8 Å². The van der Waals surface area contributed by atoms with Crippen LogP contribution in [0.5, 0.6) is 5.75 Å². The standard InChI is InChI=1S/C18H20N2O4/c1-13-16(6-11-24-13)18(22)20-9-7-19(8-10-20)17(21)14-4-3-5-15(12-14)23-2/h3-6,11-12H,7-10H2,1-2H3. The highest BCUT2D eigenvalue weighted by Crippen LogP contribution is 2.17. The number of carbonyl (C=O) groups is 2. The van der Waals surface area contributed by atoms with Gasteiger partial charge < -0.3 is 19.0 Å². The van der Waals surface area contributed by atoms with Crippen LogP contribution in [0, 0.1) is 6.92 Å². The summed E-state index contributed by atoms with van der Waals surface area (Å²) < 4.78 is 10.4. The SMILES string of the molecule is COc1cccc(C(=O)N2CCN(C(=O)c3ccoc3C)CC2)c1. The maximum absolute atomic E-state index is 12.6. The van der Waals surface area contributed by atoms with Crippen LogP contribution in [-0.2, 0) is 0 Å². The minimum absolute atomic E-state index is 0.0412. The Hall–Kier alpha value is -2.76. The van der Waals surface area contributed by atoms with E-state index < -0.39 is 0 Å².